The average molecular weight is 293 g/mol. The highest BCUT2D eigenvalue weighted by atomic mass is 19.1. The highest BCUT2D eigenvalue weighted by Gasteiger charge is 2.40. The van der Waals surface area contributed by atoms with Crippen molar-refractivity contribution in [2.75, 3.05) is 13.1 Å². The number of rotatable bonds is 5. The molecule has 4 nitrogen and oxygen atoms in total. The maximum Gasteiger partial charge on any atom is 0.321 e. The van der Waals surface area contributed by atoms with Gasteiger partial charge in [-0.25, -0.2) is 4.39 Å². The Morgan fingerprint density at radius 2 is 2.14 bits per heavy atom. The van der Waals surface area contributed by atoms with Crippen LogP contribution in [-0.4, -0.2) is 41.4 Å². The van der Waals surface area contributed by atoms with E-state index in [1.165, 1.54) is 12.1 Å². The van der Waals surface area contributed by atoms with Gasteiger partial charge in [-0.3, -0.25) is 9.69 Å². The van der Waals surface area contributed by atoms with Gasteiger partial charge in [-0.05, 0) is 23.6 Å². The molecule has 2 unspecified atom stereocenters. The van der Waals surface area contributed by atoms with Gasteiger partial charge in [0.05, 0.1) is 0 Å². The van der Waals surface area contributed by atoms with Crippen LogP contribution in [0.15, 0.2) is 24.3 Å². The summed E-state index contributed by atoms with van der Waals surface area (Å²) in [5.41, 5.74) is 0.752. The van der Waals surface area contributed by atoms with E-state index in [0.29, 0.717) is 13.1 Å². The Balaban J connectivity index is 2.25. The number of hydrogen-bond donors (Lipinski definition) is 1. The van der Waals surface area contributed by atoms with E-state index < -0.39 is 12.0 Å². The number of benzene rings is 1. The SMILES string of the molecule is CC(C)[C@H](C(=O)O)N1CC(C=O)C(c2cccc(F)c2)C1. The number of hydrogen-bond acceptors (Lipinski definition) is 3. The second kappa shape index (κ2) is 6.35. The van der Waals surface area contributed by atoms with Gasteiger partial charge in [-0.15, -0.1) is 0 Å². The Bertz CT molecular complexity index is 532. The van der Waals surface area contributed by atoms with Crippen molar-refractivity contribution >= 4 is 12.3 Å². The zero-order chi connectivity index (χ0) is 15.6. The fraction of sp³-hybridized carbons (Fsp3) is 0.500. The molecule has 0 amide bonds. The number of carboxylic acids is 1. The van der Waals surface area contributed by atoms with Crippen LogP contribution in [0.4, 0.5) is 4.39 Å². The topological polar surface area (TPSA) is 57.6 Å². The third-order valence-corrected chi connectivity index (χ3v) is 4.12. The first-order valence-electron chi connectivity index (χ1n) is 7.11. The zero-order valence-electron chi connectivity index (χ0n) is 12.2. The number of carboxylic acid groups (broad SMARTS) is 1. The Morgan fingerprint density at radius 1 is 1.43 bits per heavy atom. The van der Waals surface area contributed by atoms with E-state index in [9.17, 15) is 19.1 Å². The Morgan fingerprint density at radius 3 is 2.67 bits per heavy atom. The lowest BCUT2D eigenvalue weighted by Crippen LogP contribution is -2.43. The standard InChI is InChI=1S/C16H20FNO3/c1-10(2)15(16(20)21)18-7-12(9-19)14(8-18)11-4-3-5-13(17)6-11/h3-6,9-10,12,14-15H,7-8H2,1-2H3,(H,20,21)/t12?,14?,15-/m1/s1. The van der Waals surface area contributed by atoms with Gasteiger partial charge >= 0.3 is 5.97 Å². The molecule has 1 aliphatic rings. The van der Waals surface area contributed by atoms with Crippen molar-refractivity contribution in [2.45, 2.75) is 25.8 Å². The summed E-state index contributed by atoms with van der Waals surface area (Å²) in [5, 5.41) is 9.37. The van der Waals surface area contributed by atoms with Crippen LogP contribution in [0.1, 0.15) is 25.3 Å². The molecule has 1 saturated heterocycles. The van der Waals surface area contributed by atoms with Crippen molar-refractivity contribution < 1.29 is 19.1 Å². The molecule has 0 saturated carbocycles. The lowest BCUT2D eigenvalue weighted by atomic mass is 9.90. The summed E-state index contributed by atoms with van der Waals surface area (Å²) < 4.78 is 13.4. The van der Waals surface area contributed by atoms with Gasteiger partial charge in [0.25, 0.3) is 0 Å². The Labute approximate surface area is 123 Å². The van der Waals surface area contributed by atoms with Gasteiger partial charge in [-0.2, -0.15) is 0 Å². The second-order valence-corrected chi connectivity index (χ2v) is 5.94. The molecule has 1 aromatic carbocycles. The molecule has 0 spiro atoms. The minimum atomic E-state index is -0.880. The molecule has 21 heavy (non-hydrogen) atoms. The molecular weight excluding hydrogens is 273 g/mol. The minimum absolute atomic E-state index is 0.0546. The highest BCUT2D eigenvalue weighted by molar-refractivity contribution is 5.74. The van der Waals surface area contributed by atoms with Crippen LogP contribution in [-0.2, 0) is 9.59 Å². The summed E-state index contributed by atoms with van der Waals surface area (Å²) in [7, 11) is 0. The van der Waals surface area contributed by atoms with Crippen molar-refractivity contribution in [1.82, 2.24) is 4.90 Å². The number of halogens is 1. The van der Waals surface area contributed by atoms with Crippen molar-refractivity contribution in [1.29, 1.82) is 0 Å². The monoisotopic (exact) mass is 293 g/mol. The van der Waals surface area contributed by atoms with E-state index in [1.807, 2.05) is 18.7 Å². The van der Waals surface area contributed by atoms with Gasteiger partial charge in [-0.1, -0.05) is 26.0 Å². The predicted molar refractivity (Wildman–Crippen MR) is 76.5 cm³/mol. The van der Waals surface area contributed by atoms with Gasteiger partial charge in [0, 0.05) is 24.9 Å². The maximum absolute atomic E-state index is 13.4. The van der Waals surface area contributed by atoms with Crippen LogP contribution in [0.25, 0.3) is 0 Å². The summed E-state index contributed by atoms with van der Waals surface area (Å²) in [4.78, 5) is 24.6. The first kappa shape index (κ1) is 15.6. The third-order valence-electron chi connectivity index (χ3n) is 4.12. The fourth-order valence-electron chi connectivity index (χ4n) is 3.18. The molecule has 0 radical (unpaired) electrons. The van der Waals surface area contributed by atoms with E-state index >= 15 is 0 Å². The van der Waals surface area contributed by atoms with Gasteiger partial charge in [0.15, 0.2) is 0 Å². The van der Waals surface area contributed by atoms with Crippen LogP contribution >= 0.6 is 0 Å². The van der Waals surface area contributed by atoms with Crippen LogP contribution in [0.2, 0.25) is 0 Å². The molecule has 1 heterocycles. The molecule has 0 aromatic heterocycles. The lowest BCUT2D eigenvalue weighted by Gasteiger charge is -2.27. The number of aldehydes is 1. The van der Waals surface area contributed by atoms with Crippen LogP contribution < -0.4 is 0 Å². The summed E-state index contributed by atoms with van der Waals surface area (Å²) in [5.74, 6) is -1.73. The number of likely N-dealkylation sites (tertiary alicyclic amines) is 1. The molecule has 1 aromatic rings. The Kier molecular flexibility index (Phi) is 4.73. The smallest absolute Gasteiger partial charge is 0.321 e. The molecule has 2 rings (SSSR count). The van der Waals surface area contributed by atoms with E-state index in [0.717, 1.165) is 11.8 Å². The minimum Gasteiger partial charge on any atom is -0.480 e. The maximum atomic E-state index is 13.4. The first-order valence-corrected chi connectivity index (χ1v) is 7.11. The number of nitrogens with zero attached hydrogens (tertiary/aromatic N) is 1. The van der Waals surface area contributed by atoms with Crippen molar-refractivity contribution in [3.8, 4) is 0 Å². The van der Waals surface area contributed by atoms with Crippen molar-refractivity contribution in [2.24, 2.45) is 11.8 Å². The van der Waals surface area contributed by atoms with Gasteiger partial charge in [0.1, 0.15) is 18.1 Å². The summed E-state index contributed by atoms with van der Waals surface area (Å²) in [6, 6.07) is 5.58. The first-order chi connectivity index (χ1) is 9.93. The second-order valence-electron chi connectivity index (χ2n) is 5.94. The molecule has 1 fully saturated rings. The Hall–Kier alpha value is -1.75. The van der Waals surface area contributed by atoms with Crippen LogP contribution in [0.5, 0.6) is 0 Å². The molecule has 114 valence electrons. The van der Waals surface area contributed by atoms with Gasteiger partial charge in [0.2, 0.25) is 0 Å². The van der Waals surface area contributed by atoms with E-state index in [1.54, 1.807) is 12.1 Å². The predicted octanol–water partition coefficient (Wildman–Crippen LogP) is 2.15. The lowest BCUT2D eigenvalue weighted by molar-refractivity contribution is -0.144. The van der Waals surface area contributed by atoms with Gasteiger partial charge < -0.3 is 9.90 Å². The molecule has 0 aliphatic carbocycles. The third kappa shape index (κ3) is 3.29. The highest BCUT2D eigenvalue weighted by Crippen LogP contribution is 2.34. The molecule has 0 bridgehead atoms. The van der Waals surface area contributed by atoms with Crippen LogP contribution in [0, 0.1) is 17.7 Å². The summed E-state index contributed by atoms with van der Waals surface area (Å²) >= 11 is 0. The molecule has 1 N–H and O–H groups in total. The van der Waals surface area contributed by atoms with Crippen LogP contribution in [0.3, 0.4) is 0 Å². The molecule has 3 atom stereocenters. The average Bonchev–Trinajstić information content (AvgIpc) is 2.81. The summed E-state index contributed by atoms with van der Waals surface area (Å²) in [6.07, 6.45) is 0.856. The van der Waals surface area contributed by atoms with E-state index in [2.05, 4.69) is 0 Å². The van der Waals surface area contributed by atoms with E-state index in [-0.39, 0.29) is 23.6 Å². The fourth-order valence-corrected chi connectivity index (χ4v) is 3.18. The molecule has 5 heteroatoms. The quantitative estimate of drug-likeness (QED) is 0.845. The van der Waals surface area contributed by atoms with Crippen molar-refractivity contribution in [3.05, 3.63) is 35.6 Å². The van der Waals surface area contributed by atoms with Crippen molar-refractivity contribution in [3.63, 3.8) is 0 Å². The molecule has 1 aliphatic heterocycles. The largest absolute Gasteiger partial charge is 0.480 e. The zero-order valence-corrected chi connectivity index (χ0v) is 12.2. The number of carbonyl (C=O) groups is 2. The number of aliphatic carboxylic acids is 1. The van der Waals surface area contributed by atoms with E-state index in [4.69, 9.17) is 0 Å². The normalized spacial score (nSPS) is 24.2. The molecular formula is C16H20FNO3. The summed E-state index contributed by atoms with van der Waals surface area (Å²) in [6.45, 7) is 4.57. The number of carbonyl (C=O) groups excluding carboxylic acids is 1.